The number of carbonyl (C=O) groups is 1. The molecule has 1 aliphatic heterocycles. The van der Waals surface area contributed by atoms with Crippen LogP contribution >= 0.6 is 0 Å². The fraction of sp³-hybridized carbons (Fsp3) is 0.579. The summed E-state index contributed by atoms with van der Waals surface area (Å²) in [5, 5.41) is 4.45. The fourth-order valence-electron chi connectivity index (χ4n) is 3.74. The van der Waals surface area contributed by atoms with Gasteiger partial charge in [-0.05, 0) is 50.8 Å². The standard InChI is InChI=1S/C19H27N3O2/c1-14-16(15(2)21(3)20-14)10-11-19(23)22-12-6-4-5-8-17(22)18-9-7-13-24-18/h7,9,13,17H,4-6,8,10-12H2,1-3H3. The summed E-state index contributed by atoms with van der Waals surface area (Å²) in [5.74, 6) is 1.14. The first kappa shape index (κ1) is 16.8. The van der Waals surface area contributed by atoms with Gasteiger partial charge < -0.3 is 9.32 Å². The van der Waals surface area contributed by atoms with Crippen LogP contribution in [0.25, 0.3) is 0 Å². The van der Waals surface area contributed by atoms with Crippen molar-refractivity contribution in [2.45, 2.75) is 58.4 Å². The average molecular weight is 329 g/mol. The van der Waals surface area contributed by atoms with Crippen molar-refractivity contribution in [3.05, 3.63) is 41.1 Å². The molecule has 3 rings (SSSR count). The predicted octanol–water partition coefficient (Wildman–Crippen LogP) is 3.71. The number of hydrogen-bond acceptors (Lipinski definition) is 3. The first-order valence-electron chi connectivity index (χ1n) is 8.90. The van der Waals surface area contributed by atoms with Gasteiger partial charge in [-0.1, -0.05) is 12.8 Å². The molecule has 0 aliphatic carbocycles. The molecular formula is C19H27N3O2. The molecule has 1 saturated heterocycles. The van der Waals surface area contributed by atoms with Crippen LogP contribution in [0.3, 0.4) is 0 Å². The lowest BCUT2D eigenvalue weighted by Crippen LogP contribution is -2.34. The van der Waals surface area contributed by atoms with Gasteiger partial charge in [0.05, 0.1) is 18.0 Å². The Morgan fingerprint density at radius 3 is 2.83 bits per heavy atom. The van der Waals surface area contributed by atoms with E-state index in [1.807, 2.05) is 35.7 Å². The number of rotatable bonds is 4. The molecule has 2 aromatic rings. The van der Waals surface area contributed by atoms with E-state index in [0.29, 0.717) is 6.42 Å². The van der Waals surface area contributed by atoms with E-state index in [1.54, 1.807) is 6.26 Å². The Kier molecular flexibility index (Phi) is 5.07. The number of likely N-dealkylation sites (tertiary alicyclic amines) is 1. The Morgan fingerprint density at radius 2 is 2.17 bits per heavy atom. The maximum atomic E-state index is 12.9. The number of nitrogens with zero attached hydrogens (tertiary/aromatic N) is 3. The molecule has 24 heavy (non-hydrogen) atoms. The van der Waals surface area contributed by atoms with Crippen molar-refractivity contribution in [2.24, 2.45) is 7.05 Å². The van der Waals surface area contributed by atoms with E-state index in [-0.39, 0.29) is 11.9 Å². The minimum absolute atomic E-state index is 0.0890. The maximum Gasteiger partial charge on any atom is 0.223 e. The summed E-state index contributed by atoms with van der Waals surface area (Å²) in [4.78, 5) is 15.0. The molecule has 1 aliphatic rings. The monoisotopic (exact) mass is 329 g/mol. The van der Waals surface area contributed by atoms with Gasteiger partial charge >= 0.3 is 0 Å². The van der Waals surface area contributed by atoms with Gasteiger partial charge in [0.2, 0.25) is 5.91 Å². The normalized spacial score (nSPS) is 18.6. The highest BCUT2D eigenvalue weighted by atomic mass is 16.3. The summed E-state index contributed by atoms with van der Waals surface area (Å²) in [6, 6.07) is 3.99. The zero-order valence-electron chi connectivity index (χ0n) is 14.9. The smallest absolute Gasteiger partial charge is 0.223 e. The van der Waals surface area contributed by atoms with Crippen molar-refractivity contribution >= 4 is 5.91 Å². The second kappa shape index (κ2) is 7.24. The molecule has 0 radical (unpaired) electrons. The third kappa shape index (κ3) is 3.40. The first-order chi connectivity index (χ1) is 11.6. The van der Waals surface area contributed by atoms with Crippen LogP contribution in [0.5, 0.6) is 0 Å². The van der Waals surface area contributed by atoms with Crippen molar-refractivity contribution in [2.75, 3.05) is 6.54 Å². The van der Waals surface area contributed by atoms with Crippen LogP contribution in [0.4, 0.5) is 0 Å². The van der Waals surface area contributed by atoms with Gasteiger partial charge in [0.25, 0.3) is 0 Å². The van der Waals surface area contributed by atoms with Crippen molar-refractivity contribution in [3.8, 4) is 0 Å². The van der Waals surface area contributed by atoms with Gasteiger partial charge in [-0.3, -0.25) is 9.48 Å². The van der Waals surface area contributed by atoms with Crippen LogP contribution in [-0.2, 0) is 18.3 Å². The summed E-state index contributed by atoms with van der Waals surface area (Å²) < 4.78 is 7.50. The molecule has 5 heteroatoms. The van der Waals surface area contributed by atoms with Gasteiger partial charge in [-0.15, -0.1) is 0 Å². The van der Waals surface area contributed by atoms with Crippen molar-refractivity contribution in [3.63, 3.8) is 0 Å². The Bertz CT molecular complexity index is 688. The summed E-state index contributed by atoms with van der Waals surface area (Å²) in [7, 11) is 1.95. The molecule has 3 heterocycles. The molecule has 0 saturated carbocycles. The Balaban J connectivity index is 1.72. The molecular weight excluding hydrogens is 302 g/mol. The average Bonchev–Trinajstić information content (AvgIpc) is 3.08. The van der Waals surface area contributed by atoms with Gasteiger partial charge in [-0.2, -0.15) is 5.10 Å². The molecule has 130 valence electrons. The minimum atomic E-state index is 0.0890. The predicted molar refractivity (Wildman–Crippen MR) is 92.6 cm³/mol. The molecule has 0 spiro atoms. The van der Waals surface area contributed by atoms with E-state index < -0.39 is 0 Å². The van der Waals surface area contributed by atoms with Crippen LogP contribution in [0, 0.1) is 13.8 Å². The topological polar surface area (TPSA) is 51.3 Å². The van der Waals surface area contributed by atoms with E-state index in [1.165, 1.54) is 12.0 Å². The molecule has 1 atom stereocenters. The molecule has 5 nitrogen and oxygen atoms in total. The summed E-state index contributed by atoms with van der Waals surface area (Å²) in [5.41, 5.74) is 3.38. The van der Waals surface area contributed by atoms with E-state index in [4.69, 9.17) is 4.42 Å². The Morgan fingerprint density at radius 1 is 1.33 bits per heavy atom. The molecule has 1 fully saturated rings. The first-order valence-corrected chi connectivity index (χ1v) is 8.90. The van der Waals surface area contributed by atoms with Crippen LogP contribution in [0.15, 0.2) is 22.8 Å². The molecule has 2 aromatic heterocycles. The van der Waals surface area contributed by atoms with Crippen molar-refractivity contribution in [1.82, 2.24) is 14.7 Å². The molecule has 0 aromatic carbocycles. The quantitative estimate of drug-likeness (QED) is 0.859. The third-order valence-electron chi connectivity index (χ3n) is 5.19. The van der Waals surface area contributed by atoms with Crippen LogP contribution in [0.1, 0.15) is 60.9 Å². The SMILES string of the molecule is Cc1nn(C)c(C)c1CCC(=O)N1CCCCCC1c1ccco1. The summed E-state index contributed by atoms with van der Waals surface area (Å²) >= 11 is 0. The highest BCUT2D eigenvalue weighted by Crippen LogP contribution is 2.31. The van der Waals surface area contributed by atoms with E-state index in [2.05, 4.69) is 12.0 Å². The third-order valence-corrected chi connectivity index (χ3v) is 5.19. The van der Waals surface area contributed by atoms with Crippen LogP contribution in [-0.4, -0.2) is 27.1 Å². The fourth-order valence-corrected chi connectivity index (χ4v) is 3.74. The number of carbonyl (C=O) groups excluding carboxylic acids is 1. The highest BCUT2D eigenvalue weighted by molar-refractivity contribution is 5.77. The molecule has 1 amide bonds. The Labute approximate surface area is 143 Å². The lowest BCUT2D eigenvalue weighted by Gasteiger charge is -2.28. The van der Waals surface area contributed by atoms with Gasteiger partial charge in [0.15, 0.2) is 0 Å². The largest absolute Gasteiger partial charge is 0.467 e. The lowest BCUT2D eigenvalue weighted by atomic mass is 10.0. The van der Waals surface area contributed by atoms with Crippen molar-refractivity contribution < 1.29 is 9.21 Å². The van der Waals surface area contributed by atoms with Crippen molar-refractivity contribution in [1.29, 1.82) is 0 Å². The lowest BCUT2D eigenvalue weighted by molar-refractivity contribution is -0.134. The summed E-state index contributed by atoms with van der Waals surface area (Å²) in [6.07, 6.45) is 7.39. The zero-order valence-corrected chi connectivity index (χ0v) is 14.9. The Hall–Kier alpha value is -2.04. The van der Waals surface area contributed by atoms with E-state index in [0.717, 1.165) is 49.4 Å². The molecule has 0 N–H and O–H groups in total. The number of furan rings is 1. The van der Waals surface area contributed by atoms with E-state index >= 15 is 0 Å². The zero-order chi connectivity index (χ0) is 17.1. The maximum absolute atomic E-state index is 12.9. The molecule has 1 unspecified atom stereocenters. The van der Waals surface area contributed by atoms with Gasteiger partial charge in [0, 0.05) is 25.7 Å². The summed E-state index contributed by atoms with van der Waals surface area (Å²) in [6.45, 7) is 4.91. The number of amides is 1. The number of aromatic nitrogens is 2. The van der Waals surface area contributed by atoms with E-state index in [9.17, 15) is 4.79 Å². The second-order valence-electron chi connectivity index (χ2n) is 6.74. The van der Waals surface area contributed by atoms with Gasteiger partial charge in [0.1, 0.15) is 5.76 Å². The molecule has 0 bridgehead atoms. The van der Waals surface area contributed by atoms with Gasteiger partial charge in [-0.25, -0.2) is 0 Å². The number of aryl methyl sites for hydroxylation is 2. The number of hydrogen-bond donors (Lipinski definition) is 0. The highest BCUT2D eigenvalue weighted by Gasteiger charge is 2.28. The minimum Gasteiger partial charge on any atom is -0.467 e. The van der Waals surface area contributed by atoms with Crippen LogP contribution in [0.2, 0.25) is 0 Å². The second-order valence-corrected chi connectivity index (χ2v) is 6.74. The van der Waals surface area contributed by atoms with Crippen LogP contribution < -0.4 is 0 Å².